The summed E-state index contributed by atoms with van der Waals surface area (Å²) in [5.74, 6) is 7.20. The SMILES string of the molecule is CCCOc1ccc(C(NN)C2CCOCC2)cc1. The summed E-state index contributed by atoms with van der Waals surface area (Å²) in [7, 11) is 0. The molecule has 1 saturated heterocycles. The van der Waals surface area contributed by atoms with Crippen LogP contribution in [0.1, 0.15) is 37.8 Å². The highest BCUT2D eigenvalue weighted by Gasteiger charge is 2.24. The molecule has 1 unspecified atom stereocenters. The number of hydrogen-bond donors (Lipinski definition) is 2. The van der Waals surface area contributed by atoms with Gasteiger partial charge in [0.1, 0.15) is 5.75 Å². The molecule has 106 valence electrons. The molecule has 1 aliphatic rings. The van der Waals surface area contributed by atoms with Gasteiger partial charge in [-0.3, -0.25) is 11.3 Å². The lowest BCUT2D eigenvalue weighted by atomic mass is 9.87. The van der Waals surface area contributed by atoms with Crippen LogP contribution >= 0.6 is 0 Å². The van der Waals surface area contributed by atoms with Crippen LogP contribution < -0.4 is 16.0 Å². The highest BCUT2D eigenvalue weighted by atomic mass is 16.5. The molecule has 4 heteroatoms. The Morgan fingerprint density at radius 2 is 2.00 bits per heavy atom. The van der Waals surface area contributed by atoms with Gasteiger partial charge in [-0.25, -0.2) is 0 Å². The summed E-state index contributed by atoms with van der Waals surface area (Å²) in [6.07, 6.45) is 3.14. The number of rotatable bonds is 6. The summed E-state index contributed by atoms with van der Waals surface area (Å²) >= 11 is 0. The van der Waals surface area contributed by atoms with Crippen molar-refractivity contribution in [3.63, 3.8) is 0 Å². The van der Waals surface area contributed by atoms with Crippen LogP contribution in [-0.2, 0) is 4.74 Å². The molecule has 0 radical (unpaired) electrons. The van der Waals surface area contributed by atoms with Gasteiger partial charge in [0.05, 0.1) is 6.61 Å². The van der Waals surface area contributed by atoms with E-state index < -0.39 is 0 Å². The van der Waals surface area contributed by atoms with Gasteiger partial charge in [-0.15, -0.1) is 0 Å². The van der Waals surface area contributed by atoms with Crippen molar-refractivity contribution in [1.82, 2.24) is 5.43 Å². The first-order valence-corrected chi connectivity index (χ1v) is 7.11. The molecule has 0 aliphatic carbocycles. The zero-order valence-electron chi connectivity index (χ0n) is 11.6. The maximum absolute atomic E-state index is 5.73. The van der Waals surface area contributed by atoms with Crippen LogP contribution in [0.2, 0.25) is 0 Å². The van der Waals surface area contributed by atoms with Crippen molar-refractivity contribution in [2.45, 2.75) is 32.2 Å². The maximum Gasteiger partial charge on any atom is 0.119 e. The molecule has 0 spiro atoms. The normalized spacial score (nSPS) is 18.2. The van der Waals surface area contributed by atoms with Crippen molar-refractivity contribution in [1.29, 1.82) is 0 Å². The van der Waals surface area contributed by atoms with Gasteiger partial charge in [0.25, 0.3) is 0 Å². The van der Waals surface area contributed by atoms with Crippen molar-refractivity contribution in [2.24, 2.45) is 11.8 Å². The Morgan fingerprint density at radius 3 is 2.58 bits per heavy atom. The van der Waals surface area contributed by atoms with E-state index in [0.29, 0.717) is 5.92 Å². The first-order chi connectivity index (χ1) is 9.35. The summed E-state index contributed by atoms with van der Waals surface area (Å²) in [5, 5.41) is 0. The van der Waals surface area contributed by atoms with Crippen LogP contribution in [0.25, 0.3) is 0 Å². The number of hydrazine groups is 1. The number of nitrogens with two attached hydrogens (primary N) is 1. The summed E-state index contributed by atoms with van der Waals surface area (Å²) < 4.78 is 11.0. The summed E-state index contributed by atoms with van der Waals surface area (Å²) in [6, 6.07) is 8.45. The fourth-order valence-corrected chi connectivity index (χ4v) is 2.54. The molecule has 0 saturated carbocycles. The van der Waals surface area contributed by atoms with Crippen LogP contribution in [0.15, 0.2) is 24.3 Å². The number of ether oxygens (including phenoxy) is 2. The highest BCUT2D eigenvalue weighted by Crippen LogP contribution is 2.30. The lowest BCUT2D eigenvalue weighted by Gasteiger charge is -2.30. The topological polar surface area (TPSA) is 56.5 Å². The van der Waals surface area contributed by atoms with Gasteiger partial charge < -0.3 is 9.47 Å². The molecule has 0 aromatic heterocycles. The van der Waals surface area contributed by atoms with Gasteiger partial charge in [-0.1, -0.05) is 19.1 Å². The van der Waals surface area contributed by atoms with E-state index in [1.54, 1.807) is 0 Å². The Kier molecular flexibility index (Phi) is 5.63. The Labute approximate surface area is 115 Å². The second kappa shape index (κ2) is 7.48. The minimum atomic E-state index is 0.198. The third kappa shape index (κ3) is 3.93. The minimum Gasteiger partial charge on any atom is -0.494 e. The van der Waals surface area contributed by atoms with Gasteiger partial charge in [-0.05, 0) is 42.9 Å². The van der Waals surface area contributed by atoms with E-state index in [-0.39, 0.29) is 6.04 Å². The van der Waals surface area contributed by atoms with E-state index in [4.69, 9.17) is 15.3 Å². The summed E-state index contributed by atoms with van der Waals surface area (Å²) in [6.45, 7) is 4.53. The zero-order valence-corrected chi connectivity index (χ0v) is 11.6. The Hall–Kier alpha value is -1.10. The number of benzene rings is 1. The third-order valence-corrected chi connectivity index (χ3v) is 3.63. The fraction of sp³-hybridized carbons (Fsp3) is 0.600. The van der Waals surface area contributed by atoms with E-state index in [9.17, 15) is 0 Å². The average molecular weight is 264 g/mol. The second-order valence-corrected chi connectivity index (χ2v) is 5.01. The van der Waals surface area contributed by atoms with E-state index >= 15 is 0 Å². The standard InChI is InChI=1S/C15H24N2O2/c1-2-9-19-14-5-3-12(4-6-14)15(17-16)13-7-10-18-11-8-13/h3-6,13,15,17H,2,7-11,16H2,1H3. The molecule has 1 fully saturated rings. The van der Waals surface area contributed by atoms with Crippen LogP contribution in [0, 0.1) is 5.92 Å². The lowest BCUT2D eigenvalue weighted by molar-refractivity contribution is 0.0536. The quantitative estimate of drug-likeness (QED) is 0.612. The van der Waals surface area contributed by atoms with Crippen molar-refractivity contribution in [2.75, 3.05) is 19.8 Å². The molecule has 1 aromatic carbocycles. The first-order valence-electron chi connectivity index (χ1n) is 7.11. The summed E-state index contributed by atoms with van der Waals surface area (Å²) in [5.41, 5.74) is 4.17. The van der Waals surface area contributed by atoms with E-state index in [1.807, 2.05) is 12.1 Å². The Balaban J connectivity index is 2.01. The van der Waals surface area contributed by atoms with Crippen LogP contribution in [0.3, 0.4) is 0 Å². The monoisotopic (exact) mass is 264 g/mol. The third-order valence-electron chi connectivity index (χ3n) is 3.63. The van der Waals surface area contributed by atoms with Crippen LogP contribution in [-0.4, -0.2) is 19.8 Å². The second-order valence-electron chi connectivity index (χ2n) is 5.01. The molecule has 19 heavy (non-hydrogen) atoms. The molecule has 3 N–H and O–H groups in total. The van der Waals surface area contributed by atoms with Crippen LogP contribution in [0.5, 0.6) is 5.75 Å². The first kappa shape index (κ1) is 14.3. The summed E-state index contributed by atoms with van der Waals surface area (Å²) in [4.78, 5) is 0. The van der Waals surface area contributed by atoms with Crippen molar-refractivity contribution >= 4 is 0 Å². The number of nitrogens with one attached hydrogen (secondary N) is 1. The molecule has 2 rings (SSSR count). The molecular weight excluding hydrogens is 240 g/mol. The van der Waals surface area contributed by atoms with Gasteiger partial charge >= 0.3 is 0 Å². The predicted molar refractivity (Wildman–Crippen MR) is 75.8 cm³/mol. The van der Waals surface area contributed by atoms with Crippen molar-refractivity contribution in [3.8, 4) is 5.75 Å². The van der Waals surface area contributed by atoms with Gasteiger partial charge in [-0.2, -0.15) is 0 Å². The molecule has 1 aliphatic heterocycles. The molecule has 0 amide bonds. The molecule has 0 bridgehead atoms. The predicted octanol–water partition coefficient (Wildman–Crippen LogP) is 2.41. The van der Waals surface area contributed by atoms with E-state index in [1.165, 1.54) is 5.56 Å². The van der Waals surface area contributed by atoms with Gasteiger partial charge in [0.15, 0.2) is 0 Å². The largest absolute Gasteiger partial charge is 0.494 e. The van der Waals surface area contributed by atoms with E-state index in [0.717, 1.165) is 44.8 Å². The molecule has 1 heterocycles. The molecule has 1 aromatic rings. The number of hydrogen-bond acceptors (Lipinski definition) is 4. The van der Waals surface area contributed by atoms with Crippen molar-refractivity contribution < 1.29 is 9.47 Å². The Bertz CT molecular complexity index is 361. The average Bonchev–Trinajstić information content (AvgIpc) is 2.48. The minimum absolute atomic E-state index is 0.198. The van der Waals surface area contributed by atoms with Gasteiger partial charge in [0, 0.05) is 19.3 Å². The van der Waals surface area contributed by atoms with E-state index in [2.05, 4.69) is 24.5 Å². The zero-order chi connectivity index (χ0) is 13.5. The highest BCUT2D eigenvalue weighted by molar-refractivity contribution is 5.29. The van der Waals surface area contributed by atoms with Crippen LogP contribution in [0.4, 0.5) is 0 Å². The molecular formula is C15H24N2O2. The van der Waals surface area contributed by atoms with Crippen molar-refractivity contribution in [3.05, 3.63) is 29.8 Å². The molecule has 4 nitrogen and oxygen atoms in total. The maximum atomic E-state index is 5.73. The molecule has 1 atom stereocenters. The Morgan fingerprint density at radius 1 is 1.32 bits per heavy atom. The smallest absolute Gasteiger partial charge is 0.119 e. The lowest BCUT2D eigenvalue weighted by Crippen LogP contribution is -2.36. The fourth-order valence-electron chi connectivity index (χ4n) is 2.54. The van der Waals surface area contributed by atoms with Gasteiger partial charge in [0.2, 0.25) is 0 Å².